The first-order valence-electron chi connectivity index (χ1n) is 6.55. The third kappa shape index (κ3) is 2.63. The summed E-state index contributed by atoms with van der Waals surface area (Å²) in [6.45, 7) is 5.17. The average Bonchev–Trinajstić information content (AvgIpc) is 3.14. The molecule has 1 fully saturated rings. The summed E-state index contributed by atoms with van der Waals surface area (Å²) < 4.78 is 5.42. The minimum absolute atomic E-state index is 0.488. The maximum absolute atomic E-state index is 5.91. The standard InChI is InChI=1S/C15H23NO/c1-10(2)13-8-12(6-7-15(13)17-3)14(9-16)11-4-5-11/h6-8,10-11,14H,4-5,9,16H2,1-3H3. The highest BCUT2D eigenvalue weighted by Crippen LogP contribution is 2.43. The Hall–Kier alpha value is -1.02. The summed E-state index contributed by atoms with van der Waals surface area (Å²) >= 11 is 0. The highest BCUT2D eigenvalue weighted by atomic mass is 16.5. The SMILES string of the molecule is COc1ccc(C(CN)C2CC2)cc1C(C)C. The van der Waals surface area contributed by atoms with Gasteiger partial charge in [-0.25, -0.2) is 0 Å². The highest BCUT2D eigenvalue weighted by molar-refractivity contribution is 5.41. The normalized spacial score (nSPS) is 17.2. The molecule has 0 aromatic heterocycles. The van der Waals surface area contributed by atoms with E-state index in [1.807, 2.05) is 0 Å². The van der Waals surface area contributed by atoms with Gasteiger partial charge in [0.1, 0.15) is 5.75 Å². The fraction of sp³-hybridized carbons (Fsp3) is 0.600. The lowest BCUT2D eigenvalue weighted by molar-refractivity contribution is 0.407. The fourth-order valence-corrected chi connectivity index (χ4v) is 2.53. The summed E-state index contributed by atoms with van der Waals surface area (Å²) in [5, 5.41) is 0. The van der Waals surface area contributed by atoms with E-state index in [9.17, 15) is 0 Å². The molecule has 1 atom stereocenters. The van der Waals surface area contributed by atoms with Crippen molar-refractivity contribution in [2.75, 3.05) is 13.7 Å². The Morgan fingerprint density at radius 1 is 1.35 bits per heavy atom. The van der Waals surface area contributed by atoms with Crippen molar-refractivity contribution in [3.8, 4) is 5.75 Å². The Balaban J connectivity index is 2.31. The van der Waals surface area contributed by atoms with Gasteiger partial charge in [-0.3, -0.25) is 0 Å². The maximum Gasteiger partial charge on any atom is 0.122 e. The summed E-state index contributed by atoms with van der Waals surface area (Å²) in [6, 6.07) is 6.57. The molecular formula is C15H23NO. The second-order valence-corrected chi connectivity index (χ2v) is 5.34. The molecule has 0 saturated heterocycles. The first kappa shape index (κ1) is 12.4. The number of nitrogens with two attached hydrogens (primary N) is 1. The summed E-state index contributed by atoms with van der Waals surface area (Å²) in [7, 11) is 1.74. The number of rotatable bonds is 5. The first-order chi connectivity index (χ1) is 8.17. The molecule has 0 amide bonds. The van der Waals surface area contributed by atoms with Crippen LogP contribution in [0.1, 0.15) is 49.7 Å². The third-order valence-corrected chi connectivity index (χ3v) is 3.75. The Morgan fingerprint density at radius 3 is 2.53 bits per heavy atom. The topological polar surface area (TPSA) is 35.2 Å². The van der Waals surface area contributed by atoms with E-state index in [2.05, 4.69) is 32.0 Å². The van der Waals surface area contributed by atoms with Gasteiger partial charge in [0.25, 0.3) is 0 Å². The summed E-state index contributed by atoms with van der Waals surface area (Å²) in [5.74, 6) is 2.84. The van der Waals surface area contributed by atoms with Crippen LogP contribution in [0.3, 0.4) is 0 Å². The van der Waals surface area contributed by atoms with Crippen LogP contribution in [0, 0.1) is 5.92 Å². The van der Waals surface area contributed by atoms with E-state index >= 15 is 0 Å². The molecule has 0 aliphatic heterocycles. The number of benzene rings is 1. The second kappa shape index (κ2) is 5.09. The molecule has 2 rings (SSSR count). The van der Waals surface area contributed by atoms with Crippen LogP contribution in [-0.2, 0) is 0 Å². The van der Waals surface area contributed by atoms with Crippen LogP contribution in [0.25, 0.3) is 0 Å². The van der Waals surface area contributed by atoms with Crippen molar-refractivity contribution in [3.63, 3.8) is 0 Å². The van der Waals surface area contributed by atoms with Gasteiger partial charge in [0, 0.05) is 0 Å². The molecule has 0 heterocycles. The molecule has 1 aliphatic carbocycles. The van der Waals surface area contributed by atoms with E-state index in [0.717, 1.165) is 18.2 Å². The Bertz CT molecular complexity index is 383. The van der Waals surface area contributed by atoms with Gasteiger partial charge in [0.05, 0.1) is 7.11 Å². The van der Waals surface area contributed by atoms with Crippen LogP contribution < -0.4 is 10.5 Å². The summed E-state index contributed by atoms with van der Waals surface area (Å²) in [6.07, 6.45) is 2.68. The first-order valence-corrected chi connectivity index (χ1v) is 6.55. The molecule has 0 bridgehead atoms. The predicted molar refractivity (Wildman–Crippen MR) is 71.6 cm³/mol. The van der Waals surface area contributed by atoms with E-state index in [-0.39, 0.29) is 0 Å². The predicted octanol–water partition coefficient (Wildman–Crippen LogP) is 3.27. The van der Waals surface area contributed by atoms with Crippen molar-refractivity contribution in [1.29, 1.82) is 0 Å². The van der Waals surface area contributed by atoms with Crippen molar-refractivity contribution in [1.82, 2.24) is 0 Å². The van der Waals surface area contributed by atoms with E-state index in [0.29, 0.717) is 11.8 Å². The van der Waals surface area contributed by atoms with Crippen molar-refractivity contribution in [3.05, 3.63) is 29.3 Å². The average molecular weight is 233 g/mol. The van der Waals surface area contributed by atoms with Gasteiger partial charge in [0.15, 0.2) is 0 Å². The van der Waals surface area contributed by atoms with Gasteiger partial charge in [-0.05, 0) is 54.3 Å². The van der Waals surface area contributed by atoms with Gasteiger partial charge in [0.2, 0.25) is 0 Å². The summed E-state index contributed by atoms with van der Waals surface area (Å²) in [5.41, 5.74) is 8.60. The zero-order valence-electron chi connectivity index (χ0n) is 11.1. The van der Waals surface area contributed by atoms with Crippen molar-refractivity contribution < 1.29 is 4.74 Å². The van der Waals surface area contributed by atoms with Crippen LogP contribution >= 0.6 is 0 Å². The monoisotopic (exact) mass is 233 g/mol. The van der Waals surface area contributed by atoms with E-state index < -0.39 is 0 Å². The smallest absolute Gasteiger partial charge is 0.122 e. The fourth-order valence-electron chi connectivity index (χ4n) is 2.53. The third-order valence-electron chi connectivity index (χ3n) is 3.75. The van der Waals surface area contributed by atoms with Crippen molar-refractivity contribution >= 4 is 0 Å². The Labute approximate surface area is 104 Å². The molecule has 0 radical (unpaired) electrons. The minimum atomic E-state index is 0.488. The molecular weight excluding hydrogens is 210 g/mol. The van der Waals surface area contributed by atoms with Crippen LogP contribution in [0.4, 0.5) is 0 Å². The molecule has 17 heavy (non-hydrogen) atoms. The molecule has 2 heteroatoms. The van der Waals surface area contributed by atoms with Crippen LogP contribution in [-0.4, -0.2) is 13.7 Å². The molecule has 1 unspecified atom stereocenters. The Morgan fingerprint density at radius 2 is 2.06 bits per heavy atom. The number of hydrogen-bond donors (Lipinski definition) is 1. The van der Waals surface area contributed by atoms with Crippen LogP contribution in [0.15, 0.2) is 18.2 Å². The van der Waals surface area contributed by atoms with Crippen molar-refractivity contribution in [2.45, 2.75) is 38.5 Å². The Kier molecular flexibility index (Phi) is 3.72. The molecule has 1 saturated carbocycles. The second-order valence-electron chi connectivity index (χ2n) is 5.34. The summed E-state index contributed by atoms with van der Waals surface area (Å²) in [4.78, 5) is 0. The molecule has 2 nitrogen and oxygen atoms in total. The van der Waals surface area contributed by atoms with E-state index in [4.69, 9.17) is 10.5 Å². The van der Waals surface area contributed by atoms with Gasteiger partial charge < -0.3 is 10.5 Å². The molecule has 1 aromatic rings. The number of methoxy groups -OCH3 is 1. The lowest BCUT2D eigenvalue weighted by Gasteiger charge is -2.18. The van der Waals surface area contributed by atoms with E-state index in [1.165, 1.54) is 24.0 Å². The molecule has 1 aliphatic rings. The number of hydrogen-bond acceptors (Lipinski definition) is 2. The molecule has 1 aromatic carbocycles. The van der Waals surface area contributed by atoms with E-state index in [1.54, 1.807) is 7.11 Å². The van der Waals surface area contributed by atoms with Gasteiger partial charge in [-0.15, -0.1) is 0 Å². The maximum atomic E-state index is 5.91. The molecule has 2 N–H and O–H groups in total. The van der Waals surface area contributed by atoms with Crippen LogP contribution in [0.5, 0.6) is 5.75 Å². The van der Waals surface area contributed by atoms with Gasteiger partial charge in [-0.2, -0.15) is 0 Å². The number of ether oxygens (including phenoxy) is 1. The zero-order valence-corrected chi connectivity index (χ0v) is 11.1. The quantitative estimate of drug-likeness (QED) is 0.847. The van der Waals surface area contributed by atoms with Gasteiger partial charge >= 0.3 is 0 Å². The van der Waals surface area contributed by atoms with Crippen LogP contribution in [0.2, 0.25) is 0 Å². The molecule has 94 valence electrons. The van der Waals surface area contributed by atoms with Crippen molar-refractivity contribution in [2.24, 2.45) is 11.7 Å². The van der Waals surface area contributed by atoms with Gasteiger partial charge in [-0.1, -0.05) is 26.0 Å². The zero-order chi connectivity index (χ0) is 12.4. The minimum Gasteiger partial charge on any atom is -0.496 e. The lowest BCUT2D eigenvalue weighted by atomic mass is 9.90. The molecule has 0 spiro atoms. The highest BCUT2D eigenvalue weighted by Gasteiger charge is 2.31. The largest absolute Gasteiger partial charge is 0.496 e. The lowest BCUT2D eigenvalue weighted by Crippen LogP contribution is -2.14.